The van der Waals surface area contributed by atoms with Crippen LogP contribution >= 0.6 is 11.6 Å². The van der Waals surface area contributed by atoms with Crippen LogP contribution < -0.4 is 16.5 Å². The summed E-state index contributed by atoms with van der Waals surface area (Å²) in [5.41, 5.74) is 9.87. The van der Waals surface area contributed by atoms with Crippen LogP contribution in [0.3, 0.4) is 0 Å². The third-order valence-corrected chi connectivity index (χ3v) is 3.85. The molecule has 3 rings (SSSR count). The number of rotatable bonds is 4. The summed E-state index contributed by atoms with van der Waals surface area (Å²) in [6.07, 6.45) is 3.03. The number of nitrogens with zero attached hydrogens (tertiary/aromatic N) is 5. The molecule has 3 heterocycles. The topological polar surface area (TPSA) is 95.2 Å². The molecule has 0 amide bonds. The Morgan fingerprint density at radius 2 is 1.83 bits per heavy atom. The van der Waals surface area contributed by atoms with E-state index in [1.165, 1.54) is 6.33 Å². The van der Waals surface area contributed by atoms with E-state index in [4.69, 9.17) is 17.3 Å². The van der Waals surface area contributed by atoms with Gasteiger partial charge in [-0.1, -0.05) is 11.6 Å². The van der Waals surface area contributed by atoms with Gasteiger partial charge in [0.15, 0.2) is 11.6 Å². The molecule has 0 saturated carbocycles. The lowest BCUT2D eigenvalue weighted by Crippen LogP contribution is -2.47. The molecular weight excluding hydrogens is 316 g/mol. The van der Waals surface area contributed by atoms with Crippen molar-refractivity contribution >= 4 is 34.7 Å². The number of anilines is 4. The lowest BCUT2D eigenvalue weighted by molar-refractivity contribution is 0.178. The summed E-state index contributed by atoms with van der Waals surface area (Å²) < 4.78 is 0. The van der Waals surface area contributed by atoms with Crippen molar-refractivity contribution in [3.8, 4) is 0 Å². The third-order valence-electron chi connectivity index (χ3n) is 3.63. The summed E-state index contributed by atoms with van der Waals surface area (Å²) in [6.45, 7) is 3.80. The van der Waals surface area contributed by atoms with Gasteiger partial charge in [-0.05, 0) is 19.2 Å². The second-order valence-electron chi connectivity index (χ2n) is 5.37. The van der Waals surface area contributed by atoms with Crippen LogP contribution in [0.1, 0.15) is 0 Å². The number of hydrogen-bond donors (Lipinski definition) is 3. The first kappa shape index (κ1) is 15.7. The number of aromatic nitrogens is 3. The Balaban J connectivity index is 1.71. The van der Waals surface area contributed by atoms with Gasteiger partial charge in [0, 0.05) is 32.4 Å². The summed E-state index contributed by atoms with van der Waals surface area (Å²) in [5.74, 6) is 1.71. The Labute approximate surface area is 139 Å². The number of nitrogen functional groups attached to an aromatic ring is 1. The van der Waals surface area contributed by atoms with Gasteiger partial charge in [0.1, 0.15) is 17.8 Å². The first-order valence-electron chi connectivity index (χ1n) is 7.31. The van der Waals surface area contributed by atoms with E-state index in [1.807, 2.05) is 0 Å². The lowest BCUT2D eigenvalue weighted by Gasteiger charge is -2.32. The van der Waals surface area contributed by atoms with E-state index in [9.17, 15) is 0 Å². The highest BCUT2D eigenvalue weighted by Crippen LogP contribution is 2.25. The predicted octanol–water partition coefficient (Wildman–Crippen LogP) is 1.43. The fourth-order valence-corrected chi connectivity index (χ4v) is 2.34. The molecular formula is C14H19ClN8. The van der Waals surface area contributed by atoms with Crippen LogP contribution in [-0.2, 0) is 0 Å². The smallest absolute Gasteiger partial charge is 0.169 e. The summed E-state index contributed by atoms with van der Waals surface area (Å²) >= 11 is 5.83. The molecule has 0 spiro atoms. The van der Waals surface area contributed by atoms with Crippen molar-refractivity contribution in [2.24, 2.45) is 0 Å². The van der Waals surface area contributed by atoms with Gasteiger partial charge in [-0.2, -0.15) is 0 Å². The zero-order chi connectivity index (χ0) is 16.2. The predicted molar refractivity (Wildman–Crippen MR) is 91.7 cm³/mol. The number of piperazine rings is 1. The van der Waals surface area contributed by atoms with Crippen molar-refractivity contribution in [3.05, 3.63) is 29.7 Å². The second-order valence-corrected chi connectivity index (χ2v) is 5.81. The number of nitrogens with two attached hydrogens (primary N) is 1. The van der Waals surface area contributed by atoms with Gasteiger partial charge in [-0.25, -0.2) is 20.0 Å². The number of pyridine rings is 1. The van der Waals surface area contributed by atoms with E-state index >= 15 is 0 Å². The maximum atomic E-state index is 6.16. The minimum absolute atomic E-state index is 0.447. The van der Waals surface area contributed by atoms with Gasteiger partial charge in [-0.15, -0.1) is 0 Å². The highest BCUT2D eigenvalue weighted by atomic mass is 35.5. The standard InChI is InChI=1S/C14H19ClN8/c1-22-4-6-23(7-5-22)21-14-12(16)13(18-9-19-14)20-11-3-2-10(15)8-17-11/h2-3,8-9H,4-7,16H2,1H3,(H2,17,18,19,20,21). The molecule has 1 aliphatic rings. The quantitative estimate of drug-likeness (QED) is 0.773. The van der Waals surface area contributed by atoms with Crippen molar-refractivity contribution < 1.29 is 0 Å². The molecule has 0 bridgehead atoms. The third kappa shape index (κ3) is 3.98. The van der Waals surface area contributed by atoms with E-state index in [0.717, 1.165) is 26.2 Å². The average Bonchev–Trinajstić information content (AvgIpc) is 2.55. The average molecular weight is 335 g/mol. The van der Waals surface area contributed by atoms with Gasteiger partial charge >= 0.3 is 0 Å². The number of halogens is 1. The molecule has 2 aromatic rings. The molecule has 8 nitrogen and oxygen atoms in total. The van der Waals surface area contributed by atoms with Gasteiger partial charge in [0.05, 0.1) is 5.02 Å². The van der Waals surface area contributed by atoms with Crippen molar-refractivity contribution in [1.82, 2.24) is 24.9 Å². The zero-order valence-electron chi connectivity index (χ0n) is 12.8. The molecule has 4 N–H and O–H groups in total. The van der Waals surface area contributed by atoms with E-state index < -0.39 is 0 Å². The van der Waals surface area contributed by atoms with Crippen molar-refractivity contribution in [2.75, 3.05) is 49.7 Å². The van der Waals surface area contributed by atoms with Gasteiger partial charge < -0.3 is 21.4 Å². The molecule has 1 fully saturated rings. The highest BCUT2D eigenvalue weighted by molar-refractivity contribution is 6.30. The van der Waals surface area contributed by atoms with Crippen LogP contribution in [0.2, 0.25) is 5.02 Å². The number of hydrogen-bond acceptors (Lipinski definition) is 8. The maximum Gasteiger partial charge on any atom is 0.169 e. The van der Waals surface area contributed by atoms with Crippen LogP contribution in [0.5, 0.6) is 0 Å². The van der Waals surface area contributed by atoms with E-state index in [-0.39, 0.29) is 0 Å². The molecule has 0 aliphatic carbocycles. The van der Waals surface area contributed by atoms with E-state index in [2.05, 4.69) is 42.7 Å². The molecule has 1 aliphatic heterocycles. The van der Waals surface area contributed by atoms with Crippen LogP contribution in [0, 0.1) is 0 Å². The Morgan fingerprint density at radius 3 is 2.52 bits per heavy atom. The number of hydrazine groups is 1. The molecule has 0 radical (unpaired) electrons. The minimum atomic E-state index is 0.447. The lowest BCUT2D eigenvalue weighted by atomic mass is 10.4. The van der Waals surface area contributed by atoms with Crippen LogP contribution in [0.4, 0.5) is 23.1 Å². The zero-order valence-corrected chi connectivity index (χ0v) is 13.6. The SMILES string of the molecule is CN1CCN(Nc2ncnc(Nc3ccc(Cl)cn3)c2N)CC1. The van der Waals surface area contributed by atoms with Crippen molar-refractivity contribution in [3.63, 3.8) is 0 Å². The maximum absolute atomic E-state index is 6.16. The van der Waals surface area contributed by atoms with E-state index in [1.54, 1.807) is 18.3 Å². The Hall–Kier alpha value is -2.16. The molecule has 0 atom stereocenters. The molecule has 2 aromatic heterocycles. The van der Waals surface area contributed by atoms with Crippen LogP contribution in [-0.4, -0.2) is 58.1 Å². The molecule has 1 saturated heterocycles. The summed E-state index contributed by atoms with van der Waals surface area (Å²) in [5, 5.41) is 5.74. The number of likely N-dealkylation sites (N-methyl/N-ethyl adjacent to an activating group) is 1. The number of nitrogens with one attached hydrogen (secondary N) is 2. The summed E-state index contributed by atoms with van der Waals surface area (Å²) in [4.78, 5) is 14.9. The fraction of sp³-hybridized carbons (Fsp3) is 0.357. The molecule has 23 heavy (non-hydrogen) atoms. The van der Waals surface area contributed by atoms with Crippen LogP contribution in [0.25, 0.3) is 0 Å². The Morgan fingerprint density at radius 1 is 1.09 bits per heavy atom. The monoisotopic (exact) mass is 334 g/mol. The van der Waals surface area contributed by atoms with Gasteiger partial charge in [0.25, 0.3) is 0 Å². The van der Waals surface area contributed by atoms with Gasteiger partial charge in [0.2, 0.25) is 0 Å². The van der Waals surface area contributed by atoms with E-state index in [0.29, 0.717) is 28.2 Å². The van der Waals surface area contributed by atoms with Gasteiger partial charge in [-0.3, -0.25) is 0 Å². The highest BCUT2D eigenvalue weighted by Gasteiger charge is 2.16. The van der Waals surface area contributed by atoms with Crippen LogP contribution in [0.15, 0.2) is 24.7 Å². The summed E-state index contributed by atoms with van der Waals surface area (Å²) in [6, 6.07) is 3.51. The largest absolute Gasteiger partial charge is 0.393 e. The molecule has 122 valence electrons. The first-order chi connectivity index (χ1) is 11.1. The second kappa shape index (κ2) is 6.95. The fourth-order valence-electron chi connectivity index (χ4n) is 2.22. The van der Waals surface area contributed by atoms with Crippen molar-refractivity contribution in [2.45, 2.75) is 0 Å². The summed E-state index contributed by atoms with van der Waals surface area (Å²) in [7, 11) is 2.11. The molecule has 0 unspecified atom stereocenters. The normalized spacial score (nSPS) is 16.3. The Bertz CT molecular complexity index is 654. The Kier molecular flexibility index (Phi) is 4.75. The molecule has 0 aromatic carbocycles. The van der Waals surface area contributed by atoms with Crippen molar-refractivity contribution in [1.29, 1.82) is 0 Å². The minimum Gasteiger partial charge on any atom is -0.393 e. The molecule has 9 heteroatoms. The first-order valence-corrected chi connectivity index (χ1v) is 7.69.